The van der Waals surface area contributed by atoms with E-state index in [4.69, 9.17) is 5.73 Å². The standard InChI is InChI=1S/C13H11F3N2O2S/c1-7-2-4-9(14)13(12(7)16)18-21(19,20)11-5-3-8(17)6-10(11)15/h2-6,18H,17H2,1H3. The molecule has 0 fully saturated rings. The van der Waals surface area contributed by atoms with Gasteiger partial charge in [-0.05, 0) is 36.8 Å². The molecule has 0 amide bonds. The molecule has 0 aromatic heterocycles. The van der Waals surface area contributed by atoms with Crippen LogP contribution in [-0.2, 0) is 10.0 Å². The van der Waals surface area contributed by atoms with Crippen molar-refractivity contribution in [1.29, 1.82) is 0 Å². The Bertz CT molecular complexity index is 807. The number of benzene rings is 2. The van der Waals surface area contributed by atoms with Crippen LogP contribution in [0.2, 0.25) is 0 Å². The lowest BCUT2D eigenvalue weighted by molar-refractivity contribution is 0.565. The number of anilines is 2. The zero-order valence-corrected chi connectivity index (χ0v) is 11.6. The van der Waals surface area contributed by atoms with E-state index >= 15 is 0 Å². The molecule has 0 bridgehead atoms. The molecule has 0 saturated heterocycles. The van der Waals surface area contributed by atoms with Gasteiger partial charge in [0.1, 0.15) is 22.2 Å². The molecular formula is C13H11F3N2O2S. The number of rotatable bonds is 3. The number of nitrogens with two attached hydrogens (primary N) is 1. The smallest absolute Gasteiger partial charge is 0.265 e. The Hall–Kier alpha value is -2.22. The third-order valence-electron chi connectivity index (χ3n) is 2.77. The zero-order valence-electron chi connectivity index (χ0n) is 10.8. The molecule has 112 valence electrons. The topological polar surface area (TPSA) is 72.2 Å². The summed E-state index contributed by atoms with van der Waals surface area (Å²) in [5.74, 6) is -3.28. The van der Waals surface area contributed by atoms with Crippen LogP contribution in [0.15, 0.2) is 35.2 Å². The van der Waals surface area contributed by atoms with Crippen molar-refractivity contribution in [3.8, 4) is 0 Å². The Balaban J connectivity index is 2.50. The van der Waals surface area contributed by atoms with Crippen LogP contribution in [-0.4, -0.2) is 8.42 Å². The monoisotopic (exact) mass is 316 g/mol. The molecule has 0 heterocycles. The summed E-state index contributed by atoms with van der Waals surface area (Å²) in [6.07, 6.45) is 0. The summed E-state index contributed by atoms with van der Waals surface area (Å²) in [6, 6.07) is 4.96. The van der Waals surface area contributed by atoms with E-state index in [2.05, 4.69) is 0 Å². The van der Waals surface area contributed by atoms with Gasteiger partial charge in [0.05, 0.1) is 0 Å². The number of sulfonamides is 1. The average Bonchev–Trinajstić information content (AvgIpc) is 2.39. The van der Waals surface area contributed by atoms with Crippen LogP contribution in [0.3, 0.4) is 0 Å². The molecule has 2 aromatic rings. The van der Waals surface area contributed by atoms with Gasteiger partial charge in [0.25, 0.3) is 10.0 Å². The summed E-state index contributed by atoms with van der Waals surface area (Å²) in [6.45, 7) is 1.34. The van der Waals surface area contributed by atoms with Gasteiger partial charge in [0.2, 0.25) is 0 Å². The first-order valence-corrected chi connectivity index (χ1v) is 7.23. The highest BCUT2D eigenvalue weighted by Crippen LogP contribution is 2.26. The van der Waals surface area contributed by atoms with Gasteiger partial charge in [-0.2, -0.15) is 0 Å². The Morgan fingerprint density at radius 3 is 2.33 bits per heavy atom. The minimum atomic E-state index is -4.48. The van der Waals surface area contributed by atoms with Crippen molar-refractivity contribution in [3.63, 3.8) is 0 Å². The third-order valence-corrected chi connectivity index (χ3v) is 4.15. The summed E-state index contributed by atoms with van der Waals surface area (Å²) in [5.41, 5.74) is 4.54. The van der Waals surface area contributed by atoms with Crippen molar-refractivity contribution in [3.05, 3.63) is 53.3 Å². The highest BCUT2D eigenvalue weighted by molar-refractivity contribution is 7.92. The van der Waals surface area contributed by atoms with E-state index in [9.17, 15) is 21.6 Å². The molecule has 2 rings (SSSR count). The van der Waals surface area contributed by atoms with E-state index < -0.39 is 38.1 Å². The predicted octanol–water partition coefficient (Wildman–Crippen LogP) is 2.80. The SMILES string of the molecule is Cc1ccc(F)c(NS(=O)(=O)c2ccc(N)cc2F)c1F. The second kappa shape index (κ2) is 5.28. The largest absolute Gasteiger partial charge is 0.399 e. The fourth-order valence-corrected chi connectivity index (χ4v) is 2.80. The Labute approximate surface area is 119 Å². The molecular weight excluding hydrogens is 305 g/mol. The number of hydrogen-bond acceptors (Lipinski definition) is 3. The van der Waals surface area contributed by atoms with Gasteiger partial charge in [0.15, 0.2) is 5.82 Å². The molecule has 0 unspecified atom stereocenters. The summed E-state index contributed by atoms with van der Waals surface area (Å²) in [7, 11) is -4.48. The van der Waals surface area contributed by atoms with Crippen molar-refractivity contribution in [2.24, 2.45) is 0 Å². The molecule has 0 radical (unpaired) electrons. The minimum absolute atomic E-state index is 0.0272. The number of nitrogens with one attached hydrogen (secondary N) is 1. The molecule has 3 N–H and O–H groups in total. The van der Waals surface area contributed by atoms with Crippen LogP contribution in [0.4, 0.5) is 24.5 Å². The second-order valence-electron chi connectivity index (χ2n) is 4.35. The van der Waals surface area contributed by atoms with Crippen molar-refractivity contribution in [2.45, 2.75) is 11.8 Å². The maximum atomic E-state index is 13.8. The van der Waals surface area contributed by atoms with E-state index in [-0.39, 0.29) is 11.3 Å². The van der Waals surface area contributed by atoms with Gasteiger partial charge in [0, 0.05) is 5.69 Å². The maximum absolute atomic E-state index is 13.8. The second-order valence-corrected chi connectivity index (χ2v) is 6.00. The predicted molar refractivity (Wildman–Crippen MR) is 72.7 cm³/mol. The molecule has 0 saturated carbocycles. The van der Waals surface area contributed by atoms with Gasteiger partial charge in [-0.1, -0.05) is 6.07 Å². The van der Waals surface area contributed by atoms with Crippen LogP contribution in [0.25, 0.3) is 0 Å². The maximum Gasteiger partial charge on any atom is 0.265 e. The van der Waals surface area contributed by atoms with Gasteiger partial charge < -0.3 is 5.73 Å². The summed E-state index contributed by atoms with van der Waals surface area (Å²) in [5, 5.41) is 0. The Morgan fingerprint density at radius 2 is 1.71 bits per heavy atom. The van der Waals surface area contributed by atoms with E-state index in [1.165, 1.54) is 13.0 Å². The number of halogens is 3. The van der Waals surface area contributed by atoms with Crippen LogP contribution < -0.4 is 10.5 Å². The highest BCUT2D eigenvalue weighted by atomic mass is 32.2. The van der Waals surface area contributed by atoms with Crippen LogP contribution in [0.5, 0.6) is 0 Å². The lowest BCUT2D eigenvalue weighted by atomic mass is 10.2. The van der Waals surface area contributed by atoms with Crippen LogP contribution in [0, 0.1) is 24.4 Å². The fourth-order valence-electron chi connectivity index (χ4n) is 1.67. The molecule has 0 aliphatic carbocycles. The Kier molecular flexibility index (Phi) is 3.82. The number of aryl methyl sites for hydroxylation is 1. The highest BCUT2D eigenvalue weighted by Gasteiger charge is 2.23. The van der Waals surface area contributed by atoms with Gasteiger partial charge in [-0.25, -0.2) is 21.6 Å². The first-order chi connectivity index (χ1) is 9.72. The molecule has 21 heavy (non-hydrogen) atoms. The fraction of sp³-hybridized carbons (Fsp3) is 0.0769. The molecule has 0 aliphatic heterocycles. The van der Waals surface area contributed by atoms with E-state index in [0.29, 0.717) is 0 Å². The van der Waals surface area contributed by atoms with Gasteiger partial charge in [-0.15, -0.1) is 0 Å². The van der Waals surface area contributed by atoms with E-state index in [1.54, 1.807) is 4.72 Å². The van der Waals surface area contributed by atoms with Gasteiger partial charge in [-0.3, -0.25) is 4.72 Å². The summed E-state index contributed by atoms with van der Waals surface area (Å²) < 4.78 is 66.8. The lowest BCUT2D eigenvalue weighted by Gasteiger charge is -2.12. The lowest BCUT2D eigenvalue weighted by Crippen LogP contribution is -2.17. The van der Waals surface area contributed by atoms with Gasteiger partial charge >= 0.3 is 0 Å². The van der Waals surface area contributed by atoms with E-state index in [0.717, 1.165) is 24.3 Å². The van der Waals surface area contributed by atoms with Crippen molar-refractivity contribution < 1.29 is 21.6 Å². The van der Waals surface area contributed by atoms with Crippen molar-refractivity contribution >= 4 is 21.4 Å². The normalized spacial score (nSPS) is 11.4. The first kappa shape index (κ1) is 15.2. The average molecular weight is 316 g/mol. The quantitative estimate of drug-likeness (QED) is 0.855. The summed E-state index contributed by atoms with van der Waals surface area (Å²) in [4.78, 5) is -0.753. The first-order valence-electron chi connectivity index (χ1n) is 5.75. The molecule has 0 aliphatic rings. The minimum Gasteiger partial charge on any atom is -0.399 e. The summed E-state index contributed by atoms with van der Waals surface area (Å²) >= 11 is 0. The van der Waals surface area contributed by atoms with Crippen molar-refractivity contribution in [1.82, 2.24) is 0 Å². The van der Waals surface area contributed by atoms with Crippen molar-refractivity contribution in [2.75, 3.05) is 10.5 Å². The number of hydrogen-bond donors (Lipinski definition) is 2. The zero-order chi connectivity index (χ0) is 15.8. The molecule has 2 aromatic carbocycles. The van der Waals surface area contributed by atoms with Crippen LogP contribution >= 0.6 is 0 Å². The van der Waals surface area contributed by atoms with E-state index in [1.807, 2.05) is 0 Å². The van der Waals surface area contributed by atoms with Crippen LogP contribution in [0.1, 0.15) is 5.56 Å². The molecule has 0 spiro atoms. The number of nitrogen functional groups attached to an aromatic ring is 1. The Morgan fingerprint density at radius 1 is 1.05 bits per heavy atom. The molecule has 0 atom stereocenters. The third kappa shape index (κ3) is 2.94. The molecule has 4 nitrogen and oxygen atoms in total. The molecule has 8 heteroatoms.